The Morgan fingerprint density at radius 1 is 0.574 bits per heavy atom. The van der Waals surface area contributed by atoms with Gasteiger partial charge >= 0.3 is 0 Å². The number of aromatic nitrogens is 2. The third-order valence-electron chi connectivity index (χ3n) is 8.48. The van der Waals surface area contributed by atoms with E-state index in [1.54, 1.807) is 0 Å². The molecule has 0 aliphatic heterocycles. The van der Waals surface area contributed by atoms with E-state index in [2.05, 4.69) is 176 Å². The monoisotopic (exact) mass is 636 g/mol. The summed E-state index contributed by atoms with van der Waals surface area (Å²) < 4.78 is 14.0. The molecule has 0 saturated heterocycles. The third-order valence-corrected chi connectivity index (χ3v) is 13.3. The van der Waals surface area contributed by atoms with Crippen molar-refractivity contribution in [1.82, 2.24) is 9.55 Å². The number of hydrogen-bond acceptors (Lipinski definition) is 3. The molecule has 0 amide bonds. The Labute approximate surface area is 282 Å². The van der Waals surface area contributed by atoms with Gasteiger partial charge in [-0.05, 0) is 52.7 Å². The molecule has 6 rings (SSSR count). The van der Waals surface area contributed by atoms with Crippen LogP contribution in [-0.2, 0) is 6.17 Å². The summed E-state index contributed by atoms with van der Waals surface area (Å²) in [6.45, 7) is 8.44. The van der Waals surface area contributed by atoms with Crippen molar-refractivity contribution in [3.63, 3.8) is 0 Å². The smallest absolute Gasteiger partial charge is 0.206 e. The molecule has 0 atom stereocenters. The lowest BCUT2D eigenvalue weighted by Gasteiger charge is -2.34. The van der Waals surface area contributed by atoms with Gasteiger partial charge in [-0.15, -0.1) is 0 Å². The first-order valence-electron chi connectivity index (χ1n) is 16.7. The van der Waals surface area contributed by atoms with Crippen molar-refractivity contribution in [2.24, 2.45) is 0 Å². The van der Waals surface area contributed by atoms with Crippen LogP contribution in [0.1, 0.15) is 26.7 Å². The number of hydrogen-bond donors (Lipinski definition) is 0. The topological polar surface area (TPSA) is 36.3 Å². The van der Waals surface area contributed by atoms with Crippen LogP contribution in [0.5, 0.6) is 11.5 Å². The summed E-state index contributed by atoms with van der Waals surface area (Å²) in [5.74, 6) is 1.84. The maximum atomic E-state index is 5.88. The minimum absolute atomic E-state index is 0.484. The lowest BCUT2D eigenvalue weighted by Crippen LogP contribution is -2.69. The maximum absolute atomic E-state index is 5.88. The van der Waals surface area contributed by atoms with Gasteiger partial charge in [0.15, 0.2) is 8.07 Å². The Morgan fingerprint density at radius 2 is 1.00 bits per heavy atom. The van der Waals surface area contributed by atoms with Gasteiger partial charge in [0.1, 0.15) is 11.5 Å². The van der Waals surface area contributed by atoms with Gasteiger partial charge in [0, 0.05) is 18.6 Å². The number of imidazole rings is 1. The molecule has 4 nitrogen and oxygen atoms in total. The number of benzene rings is 5. The summed E-state index contributed by atoms with van der Waals surface area (Å²) in [6.07, 6.45) is 8.69. The second kappa shape index (κ2) is 17.2. The largest absolute Gasteiger partial charge is 0.494 e. The van der Waals surface area contributed by atoms with E-state index in [-0.39, 0.29) is 0 Å². The minimum Gasteiger partial charge on any atom is -0.494 e. The molecule has 0 saturated carbocycles. The average Bonchev–Trinajstić information content (AvgIpc) is 3.67. The molecule has 1 aromatic heterocycles. The normalized spacial score (nSPS) is 10.9. The molecule has 1 heterocycles. The van der Waals surface area contributed by atoms with Gasteiger partial charge < -0.3 is 14.0 Å². The van der Waals surface area contributed by atoms with Crippen LogP contribution in [0.4, 0.5) is 0 Å². The van der Waals surface area contributed by atoms with Crippen LogP contribution < -0.4 is 36.0 Å². The fraction of sp³-hybridized carbons (Fsp3) is 0.195. The molecule has 5 aromatic carbocycles. The third kappa shape index (κ3) is 8.72. The predicted octanol–water partition coefficient (Wildman–Crippen LogP) is 6.10. The molecule has 0 bridgehead atoms. The van der Waals surface area contributed by atoms with Crippen molar-refractivity contribution in [3.8, 4) is 11.5 Å². The van der Waals surface area contributed by atoms with E-state index < -0.39 is 8.07 Å². The average molecular weight is 637 g/mol. The van der Waals surface area contributed by atoms with E-state index in [1.807, 2.05) is 12.5 Å². The molecule has 0 fully saturated rings. The van der Waals surface area contributed by atoms with E-state index in [0.717, 1.165) is 43.7 Å². The van der Waals surface area contributed by atoms with E-state index >= 15 is 0 Å². The number of ether oxygens (including phenoxy) is 2. The molecule has 0 aliphatic rings. The quantitative estimate of drug-likeness (QED) is 0.114. The molecule has 0 unspecified atom stereocenters. The zero-order chi connectivity index (χ0) is 32.7. The molecule has 0 radical (unpaired) electrons. The van der Waals surface area contributed by atoms with Crippen molar-refractivity contribution in [2.45, 2.75) is 39.7 Å². The Kier molecular flexibility index (Phi) is 12.3. The van der Waals surface area contributed by atoms with Crippen LogP contribution in [-0.4, -0.2) is 37.6 Å². The SMILES string of the molecule is CB(c1ccccc1)c1ccccc1.CCCOc1ccc([Si](Cn2ccnc2)(c2ccccc2)c2ccc(OCCC)cc2)cc1. The van der Waals surface area contributed by atoms with Crippen molar-refractivity contribution in [3.05, 3.63) is 158 Å². The van der Waals surface area contributed by atoms with Crippen LogP contribution in [0.2, 0.25) is 6.82 Å². The fourth-order valence-corrected chi connectivity index (χ4v) is 10.5. The molecule has 47 heavy (non-hydrogen) atoms. The molecule has 0 aliphatic carbocycles. The fourth-order valence-electron chi connectivity index (χ4n) is 5.94. The predicted molar refractivity (Wildman–Crippen MR) is 202 cm³/mol. The van der Waals surface area contributed by atoms with Crippen molar-refractivity contribution < 1.29 is 9.47 Å². The second-order valence-electron chi connectivity index (χ2n) is 11.8. The summed E-state index contributed by atoms with van der Waals surface area (Å²) in [7, 11) is -2.42. The lowest BCUT2D eigenvalue weighted by molar-refractivity contribution is 0.317. The first-order chi connectivity index (χ1) is 23.1. The molecule has 0 N–H and O–H groups in total. The van der Waals surface area contributed by atoms with E-state index in [1.165, 1.54) is 26.5 Å². The Balaban J connectivity index is 0.000000257. The minimum atomic E-state index is -2.42. The van der Waals surface area contributed by atoms with Gasteiger partial charge in [-0.3, -0.25) is 0 Å². The lowest BCUT2D eigenvalue weighted by atomic mass is 9.43. The first kappa shape index (κ1) is 33.6. The van der Waals surface area contributed by atoms with Crippen molar-refractivity contribution in [1.29, 1.82) is 0 Å². The van der Waals surface area contributed by atoms with Gasteiger partial charge in [0.2, 0.25) is 6.71 Å². The van der Waals surface area contributed by atoms with Crippen molar-refractivity contribution in [2.75, 3.05) is 13.2 Å². The first-order valence-corrected chi connectivity index (χ1v) is 18.9. The number of nitrogens with zero attached hydrogens (tertiary/aromatic N) is 2. The van der Waals surface area contributed by atoms with E-state index in [4.69, 9.17) is 9.47 Å². The van der Waals surface area contributed by atoms with Crippen LogP contribution in [0, 0.1) is 0 Å². The molecule has 238 valence electrons. The van der Waals surface area contributed by atoms with Crippen molar-refractivity contribution >= 4 is 41.3 Å². The highest BCUT2D eigenvalue weighted by Gasteiger charge is 2.40. The maximum Gasteiger partial charge on any atom is 0.206 e. The van der Waals surface area contributed by atoms with Gasteiger partial charge in [-0.25, -0.2) is 4.98 Å². The summed E-state index contributed by atoms with van der Waals surface area (Å²) >= 11 is 0. The standard InChI is InChI=1S/C28H32N2O2Si.C13H13B/c1-3-20-31-24-10-14-27(15-11-24)33(23-30-19-18-29-22-30,26-8-6-5-7-9-26)28-16-12-25(13-17-28)32-21-4-2;1-14(12-8-4-2-5-9-12)13-10-6-3-7-11-13/h5-19,22H,3-4,20-21,23H2,1-2H3;2-11H,1H3. The molecular weight excluding hydrogens is 591 g/mol. The van der Waals surface area contributed by atoms with Gasteiger partial charge in [-0.1, -0.05) is 147 Å². The molecular formula is C41H45BN2O2Si. The highest BCUT2D eigenvalue weighted by Crippen LogP contribution is 2.17. The highest BCUT2D eigenvalue weighted by molar-refractivity contribution is 7.10. The second-order valence-corrected chi connectivity index (χ2v) is 15.7. The zero-order valence-electron chi connectivity index (χ0n) is 27.8. The van der Waals surface area contributed by atoms with Gasteiger partial charge in [0.05, 0.1) is 19.5 Å². The summed E-state index contributed by atoms with van der Waals surface area (Å²) in [5, 5.41) is 4.05. The van der Waals surface area contributed by atoms with Crippen LogP contribution in [0.3, 0.4) is 0 Å². The van der Waals surface area contributed by atoms with Crippen LogP contribution in [0.25, 0.3) is 0 Å². The Bertz CT molecular complexity index is 1620. The van der Waals surface area contributed by atoms with Crippen LogP contribution in [0.15, 0.2) is 158 Å². The summed E-state index contributed by atoms with van der Waals surface area (Å²) in [5.41, 5.74) is 2.75. The number of rotatable bonds is 13. The van der Waals surface area contributed by atoms with Gasteiger partial charge in [0.25, 0.3) is 0 Å². The van der Waals surface area contributed by atoms with Gasteiger partial charge in [-0.2, -0.15) is 0 Å². The molecule has 0 spiro atoms. The highest BCUT2D eigenvalue weighted by atomic mass is 28.3. The molecule has 6 aromatic rings. The zero-order valence-corrected chi connectivity index (χ0v) is 28.8. The molecule has 6 heteroatoms. The van der Waals surface area contributed by atoms with E-state index in [0.29, 0.717) is 6.71 Å². The van der Waals surface area contributed by atoms with E-state index in [9.17, 15) is 0 Å². The Morgan fingerprint density at radius 3 is 1.40 bits per heavy atom. The Hall–Kier alpha value is -4.81. The summed E-state index contributed by atoms with van der Waals surface area (Å²) in [4.78, 5) is 4.33. The summed E-state index contributed by atoms with van der Waals surface area (Å²) in [6, 6.07) is 49.6. The van der Waals surface area contributed by atoms with Crippen LogP contribution >= 0.6 is 0 Å².